The molecule has 1 aromatic carbocycles. The van der Waals surface area contributed by atoms with E-state index in [1.165, 1.54) is 52.3 Å². The normalized spacial score (nSPS) is 14.8. The fraction of sp³-hybridized carbons (Fsp3) is 0.560. The lowest BCUT2D eigenvalue weighted by molar-refractivity contribution is 0.0601. The minimum absolute atomic E-state index is 0.340. The number of methoxy groups -OCH3 is 1. The number of hydrogen-bond acceptors (Lipinski definition) is 6. The number of esters is 1. The second-order valence-electron chi connectivity index (χ2n) is 8.73. The minimum atomic E-state index is -0.340. The monoisotopic (exact) mass is 437 g/mol. The number of carbonyl (C=O) groups is 1. The van der Waals surface area contributed by atoms with E-state index in [-0.39, 0.29) is 5.97 Å². The molecule has 172 valence electrons. The van der Waals surface area contributed by atoms with Gasteiger partial charge in [-0.15, -0.1) is 0 Å². The van der Waals surface area contributed by atoms with Crippen LogP contribution in [0.5, 0.6) is 0 Å². The number of ether oxygens (including phenoxy) is 1. The van der Waals surface area contributed by atoms with Crippen molar-refractivity contribution in [3.05, 3.63) is 29.6 Å². The average molecular weight is 438 g/mol. The predicted octanol–water partition coefficient (Wildman–Crippen LogP) is 4.92. The Morgan fingerprint density at radius 1 is 1.16 bits per heavy atom. The van der Waals surface area contributed by atoms with E-state index in [9.17, 15) is 4.79 Å². The smallest absolute Gasteiger partial charge is 0.337 e. The highest BCUT2D eigenvalue weighted by Crippen LogP contribution is 2.30. The summed E-state index contributed by atoms with van der Waals surface area (Å²) in [6.45, 7) is 6.66. The maximum absolute atomic E-state index is 12.0. The van der Waals surface area contributed by atoms with E-state index in [4.69, 9.17) is 14.7 Å². The van der Waals surface area contributed by atoms with Gasteiger partial charge in [-0.25, -0.2) is 14.8 Å². The van der Waals surface area contributed by atoms with Crippen LogP contribution in [0.15, 0.2) is 18.2 Å². The molecule has 0 radical (unpaired) electrons. The van der Waals surface area contributed by atoms with E-state index in [2.05, 4.69) is 22.1 Å². The van der Waals surface area contributed by atoms with Crippen molar-refractivity contribution in [2.75, 3.05) is 38.6 Å². The van der Waals surface area contributed by atoms with Crippen LogP contribution in [0.2, 0.25) is 0 Å². The molecule has 0 bridgehead atoms. The molecule has 2 N–H and O–H groups in total. The molecule has 1 aliphatic rings. The first kappa shape index (κ1) is 22.5. The van der Waals surface area contributed by atoms with Gasteiger partial charge in [-0.3, -0.25) is 0 Å². The van der Waals surface area contributed by atoms with Crippen molar-refractivity contribution >= 4 is 33.7 Å². The number of nitrogens with zero attached hydrogens (tertiary/aromatic N) is 3. The number of H-pyrrole nitrogens is 1. The second-order valence-corrected chi connectivity index (χ2v) is 8.73. The molecular weight excluding hydrogens is 402 g/mol. The molecule has 0 amide bonds. The zero-order valence-electron chi connectivity index (χ0n) is 19.4. The Bertz CT molecular complexity index is 1060. The summed E-state index contributed by atoms with van der Waals surface area (Å²) < 4.78 is 4.88. The van der Waals surface area contributed by atoms with Crippen LogP contribution in [0.25, 0.3) is 21.9 Å². The van der Waals surface area contributed by atoms with Gasteiger partial charge in [0.2, 0.25) is 0 Å². The SMILES string of the molecule is CCCCCc1nc(NCCCN2CCCCC2)c2c(n1)[nH]c1cc(C(=O)OC)ccc12. The van der Waals surface area contributed by atoms with Gasteiger partial charge in [0.05, 0.1) is 18.1 Å². The van der Waals surface area contributed by atoms with Crippen LogP contribution >= 0.6 is 0 Å². The maximum Gasteiger partial charge on any atom is 0.337 e. The number of unbranched alkanes of at least 4 members (excludes halogenated alkanes) is 2. The number of anilines is 1. The molecule has 4 rings (SSSR count). The van der Waals surface area contributed by atoms with Crippen LogP contribution in [-0.4, -0.2) is 59.1 Å². The summed E-state index contributed by atoms with van der Waals surface area (Å²) in [4.78, 5) is 27.7. The average Bonchev–Trinajstić information content (AvgIpc) is 3.19. The lowest BCUT2D eigenvalue weighted by atomic mass is 10.1. The fourth-order valence-electron chi connectivity index (χ4n) is 4.56. The maximum atomic E-state index is 12.0. The summed E-state index contributed by atoms with van der Waals surface area (Å²) in [5.41, 5.74) is 2.22. The molecule has 3 aromatic rings. The Labute approximate surface area is 189 Å². The zero-order valence-corrected chi connectivity index (χ0v) is 19.4. The molecule has 0 aliphatic carbocycles. The van der Waals surface area contributed by atoms with Crippen molar-refractivity contribution in [2.24, 2.45) is 0 Å². The molecule has 1 saturated heterocycles. The van der Waals surface area contributed by atoms with Crippen molar-refractivity contribution in [1.29, 1.82) is 0 Å². The molecule has 0 unspecified atom stereocenters. The number of benzene rings is 1. The molecule has 0 atom stereocenters. The number of aromatic amines is 1. The molecule has 1 fully saturated rings. The quantitative estimate of drug-likeness (QED) is 0.346. The van der Waals surface area contributed by atoms with Gasteiger partial charge < -0.3 is 19.9 Å². The number of nitrogens with one attached hydrogen (secondary N) is 2. The van der Waals surface area contributed by atoms with Crippen LogP contribution in [0.4, 0.5) is 5.82 Å². The highest BCUT2D eigenvalue weighted by atomic mass is 16.5. The van der Waals surface area contributed by atoms with Crippen LogP contribution in [0, 0.1) is 0 Å². The number of aromatic nitrogens is 3. The van der Waals surface area contributed by atoms with Gasteiger partial charge in [-0.1, -0.05) is 32.3 Å². The molecule has 32 heavy (non-hydrogen) atoms. The van der Waals surface area contributed by atoms with E-state index in [1.807, 2.05) is 12.1 Å². The third-order valence-corrected chi connectivity index (χ3v) is 6.31. The van der Waals surface area contributed by atoms with E-state index < -0.39 is 0 Å². The number of fused-ring (bicyclic) bond motifs is 3. The molecule has 7 heteroatoms. The molecule has 1 aliphatic heterocycles. The molecule has 0 saturated carbocycles. The van der Waals surface area contributed by atoms with Gasteiger partial charge in [0.25, 0.3) is 0 Å². The van der Waals surface area contributed by atoms with Crippen LogP contribution in [-0.2, 0) is 11.2 Å². The summed E-state index contributed by atoms with van der Waals surface area (Å²) in [5, 5.41) is 5.61. The Morgan fingerprint density at radius 3 is 2.78 bits per heavy atom. The van der Waals surface area contributed by atoms with Crippen molar-refractivity contribution in [3.63, 3.8) is 0 Å². The van der Waals surface area contributed by atoms with Crippen LogP contribution in [0.1, 0.15) is 68.1 Å². The van der Waals surface area contributed by atoms with Crippen LogP contribution in [0.3, 0.4) is 0 Å². The third-order valence-electron chi connectivity index (χ3n) is 6.31. The topological polar surface area (TPSA) is 83.1 Å². The predicted molar refractivity (Wildman–Crippen MR) is 129 cm³/mol. The molecular formula is C25H35N5O2. The number of aryl methyl sites for hydroxylation is 1. The Hall–Kier alpha value is -2.67. The van der Waals surface area contributed by atoms with Crippen molar-refractivity contribution in [1.82, 2.24) is 19.9 Å². The van der Waals surface area contributed by atoms with Gasteiger partial charge in [0, 0.05) is 23.9 Å². The summed E-state index contributed by atoms with van der Waals surface area (Å²) >= 11 is 0. The van der Waals surface area contributed by atoms with E-state index in [1.54, 1.807) is 6.07 Å². The van der Waals surface area contributed by atoms with Gasteiger partial charge in [-0.2, -0.15) is 0 Å². The summed E-state index contributed by atoms with van der Waals surface area (Å²) in [5.74, 6) is 1.41. The van der Waals surface area contributed by atoms with Gasteiger partial charge in [-0.05, 0) is 57.5 Å². The number of hydrogen-bond donors (Lipinski definition) is 2. The van der Waals surface area contributed by atoms with Gasteiger partial charge in [0.1, 0.15) is 17.3 Å². The summed E-state index contributed by atoms with van der Waals surface area (Å²) in [6, 6.07) is 5.59. The first-order chi connectivity index (χ1) is 15.7. The van der Waals surface area contributed by atoms with E-state index in [0.717, 1.165) is 65.9 Å². The minimum Gasteiger partial charge on any atom is -0.465 e. The molecule has 7 nitrogen and oxygen atoms in total. The summed E-state index contributed by atoms with van der Waals surface area (Å²) in [6.07, 6.45) is 9.41. The Kier molecular flexibility index (Phi) is 7.58. The number of likely N-dealkylation sites (tertiary alicyclic amines) is 1. The highest BCUT2D eigenvalue weighted by Gasteiger charge is 2.16. The van der Waals surface area contributed by atoms with E-state index in [0.29, 0.717) is 5.56 Å². The largest absolute Gasteiger partial charge is 0.465 e. The highest BCUT2D eigenvalue weighted by molar-refractivity contribution is 6.12. The Morgan fingerprint density at radius 2 is 2.00 bits per heavy atom. The van der Waals surface area contributed by atoms with Crippen LogP contribution < -0.4 is 5.32 Å². The van der Waals surface area contributed by atoms with Gasteiger partial charge in [0.15, 0.2) is 0 Å². The standard InChI is InChI=1S/C25H35N5O2/c1-3-4-6-10-21-28-23(26-13-9-16-30-14-7-5-8-15-30)22-19-12-11-18(25(31)32-2)17-20(19)27-24(22)29-21/h11-12,17H,3-10,13-16H2,1-2H3,(H2,26,27,28,29). The number of rotatable bonds is 10. The van der Waals surface area contributed by atoms with Crippen molar-refractivity contribution < 1.29 is 9.53 Å². The second kappa shape index (κ2) is 10.8. The lowest BCUT2D eigenvalue weighted by Crippen LogP contribution is -2.31. The lowest BCUT2D eigenvalue weighted by Gasteiger charge is -2.26. The molecule has 3 heterocycles. The molecule has 2 aromatic heterocycles. The zero-order chi connectivity index (χ0) is 22.3. The van der Waals surface area contributed by atoms with Crippen molar-refractivity contribution in [3.8, 4) is 0 Å². The molecule has 0 spiro atoms. The first-order valence-corrected chi connectivity index (χ1v) is 12.1. The summed E-state index contributed by atoms with van der Waals surface area (Å²) in [7, 11) is 1.40. The number of piperidine rings is 1. The first-order valence-electron chi connectivity index (χ1n) is 12.1. The van der Waals surface area contributed by atoms with Gasteiger partial charge >= 0.3 is 5.97 Å². The fourth-order valence-corrected chi connectivity index (χ4v) is 4.56. The number of carbonyl (C=O) groups excluding carboxylic acids is 1. The van der Waals surface area contributed by atoms with Crippen molar-refractivity contribution in [2.45, 2.75) is 58.3 Å². The van der Waals surface area contributed by atoms with E-state index >= 15 is 0 Å². The third kappa shape index (κ3) is 5.21. The Balaban J connectivity index is 1.58.